The summed E-state index contributed by atoms with van der Waals surface area (Å²) in [6.07, 6.45) is 1.90. The fourth-order valence-corrected chi connectivity index (χ4v) is 2.68. The van der Waals surface area contributed by atoms with Crippen molar-refractivity contribution in [3.8, 4) is 5.75 Å². The van der Waals surface area contributed by atoms with Crippen molar-refractivity contribution in [3.63, 3.8) is 0 Å². The molecule has 0 aliphatic carbocycles. The minimum absolute atomic E-state index is 0.0614. The van der Waals surface area contributed by atoms with E-state index in [2.05, 4.69) is 9.97 Å². The number of carbonyl (C=O) groups excluding carboxylic acids is 1. The number of aryl methyl sites for hydroxylation is 1. The lowest BCUT2D eigenvalue weighted by atomic mass is 10.2. The van der Waals surface area contributed by atoms with E-state index in [-0.39, 0.29) is 30.7 Å². The minimum atomic E-state index is -0.430. The summed E-state index contributed by atoms with van der Waals surface area (Å²) in [5.41, 5.74) is 0.936. The predicted octanol–water partition coefficient (Wildman–Crippen LogP) is 2.23. The van der Waals surface area contributed by atoms with Crippen LogP contribution in [0.3, 0.4) is 0 Å². The van der Waals surface area contributed by atoms with Crippen molar-refractivity contribution in [2.45, 2.75) is 19.4 Å². The Morgan fingerprint density at radius 1 is 1.50 bits per heavy atom. The third-order valence-electron chi connectivity index (χ3n) is 3.90. The van der Waals surface area contributed by atoms with Crippen LogP contribution < -0.4 is 4.74 Å². The fraction of sp³-hybridized carbons (Fsp3) is 0.412. The number of halogens is 1. The lowest BCUT2D eigenvalue weighted by molar-refractivity contribution is -0.141. The number of nitrogens with zero attached hydrogens (tertiary/aromatic N) is 2. The Balaban J connectivity index is 1.59. The average molecular weight is 333 g/mol. The molecule has 0 spiro atoms. The van der Waals surface area contributed by atoms with Crippen LogP contribution in [-0.4, -0.2) is 47.1 Å². The van der Waals surface area contributed by atoms with E-state index >= 15 is 0 Å². The predicted molar refractivity (Wildman–Crippen MR) is 85.1 cm³/mol. The third-order valence-corrected chi connectivity index (χ3v) is 3.90. The maximum atomic E-state index is 13.5. The molecule has 24 heavy (non-hydrogen) atoms. The maximum Gasteiger partial charge on any atom is 0.226 e. The molecule has 6 nitrogen and oxygen atoms in total. The number of amides is 1. The van der Waals surface area contributed by atoms with E-state index in [0.717, 1.165) is 11.5 Å². The Labute approximate surface area is 139 Å². The van der Waals surface area contributed by atoms with E-state index in [1.165, 1.54) is 6.07 Å². The monoisotopic (exact) mass is 333 g/mol. The number of para-hydroxylation sites is 1. The Hall–Kier alpha value is -2.41. The zero-order chi connectivity index (χ0) is 16.9. The normalized spacial score (nSPS) is 17.8. The van der Waals surface area contributed by atoms with Gasteiger partial charge in [-0.2, -0.15) is 0 Å². The molecule has 0 saturated carbocycles. The van der Waals surface area contributed by atoms with Gasteiger partial charge in [0.2, 0.25) is 5.91 Å². The zero-order valence-electron chi connectivity index (χ0n) is 13.5. The molecular weight excluding hydrogens is 313 g/mol. The van der Waals surface area contributed by atoms with Crippen LogP contribution in [0.5, 0.6) is 5.75 Å². The number of imidazole rings is 1. The summed E-state index contributed by atoms with van der Waals surface area (Å²) in [6.45, 7) is 3.45. The highest BCUT2D eigenvalue weighted by Crippen LogP contribution is 2.23. The number of morpholine rings is 1. The SMILES string of the molecule is Cc1cnc([C@H]2COCCN2C(=O)CCOc2ccccc2F)[nH]1. The second-order valence-electron chi connectivity index (χ2n) is 5.66. The van der Waals surface area contributed by atoms with Crippen molar-refractivity contribution in [2.24, 2.45) is 0 Å². The van der Waals surface area contributed by atoms with Gasteiger partial charge in [0.25, 0.3) is 0 Å². The van der Waals surface area contributed by atoms with E-state index in [1.807, 2.05) is 6.92 Å². The van der Waals surface area contributed by atoms with Gasteiger partial charge in [-0.15, -0.1) is 0 Å². The Morgan fingerprint density at radius 3 is 3.08 bits per heavy atom. The van der Waals surface area contributed by atoms with Gasteiger partial charge in [0.15, 0.2) is 11.6 Å². The number of aromatic nitrogens is 2. The number of hydrogen-bond acceptors (Lipinski definition) is 4. The first-order chi connectivity index (χ1) is 11.6. The second kappa shape index (κ2) is 7.44. The molecule has 1 saturated heterocycles. The highest BCUT2D eigenvalue weighted by molar-refractivity contribution is 5.76. The highest BCUT2D eigenvalue weighted by Gasteiger charge is 2.30. The highest BCUT2D eigenvalue weighted by atomic mass is 19.1. The van der Waals surface area contributed by atoms with Gasteiger partial charge in [-0.05, 0) is 19.1 Å². The quantitative estimate of drug-likeness (QED) is 0.911. The van der Waals surface area contributed by atoms with Crippen molar-refractivity contribution >= 4 is 5.91 Å². The number of ether oxygens (including phenoxy) is 2. The van der Waals surface area contributed by atoms with Crippen LogP contribution in [0.1, 0.15) is 24.0 Å². The first kappa shape index (κ1) is 16.4. The van der Waals surface area contributed by atoms with Crippen LogP contribution in [0.15, 0.2) is 30.5 Å². The van der Waals surface area contributed by atoms with Gasteiger partial charge >= 0.3 is 0 Å². The van der Waals surface area contributed by atoms with Crippen molar-refractivity contribution in [2.75, 3.05) is 26.4 Å². The largest absolute Gasteiger partial charge is 0.490 e. The van der Waals surface area contributed by atoms with Gasteiger partial charge in [-0.1, -0.05) is 12.1 Å². The average Bonchev–Trinajstić information content (AvgIpc) is 3.03. The molecule has 3 rings (SSSR count). The number of hydrogen-bond donors (Lipinski definition) is 1. The number of H-pyrrole nitrogens is 1. The summed E-state index contributed by atoms with van der Waals surface area (Å²) in [5, 5.41) is 0. The number of aromatic amines is 1. The van der Waals surface area contributed by atoms with Crippen LogP contribution in [0, 0.1) is 12.7 Å². The summed E-state index contributed by atoms with van der Waals surface area (Å²) in [4.78, 5) is 21.7. The van der Waals surface area contributed by atoms with Gasteiger partial charge in [0.05, 0.1) is 26.2 Å². The minimum Gasteiger partial charge on any atom is -0.490 e. The molecule has 1 aromatic carbocycles. The Kier molecular flexibility index (Phi) is 5.10. The molecule has 2 heterocycles. The molecule has 128 valence electrons. The molecule has 2 aromatic rings. The molecule has 7 heteroatoms. The van der Waals surface area contributed by atoms with Crippen LogP contribution in [0.4, 0.5) is 4.39 Å². The standard InChI is InChI=1S/C17H20FN3O3/c1-12-10-19-17(20-12)14-11-23-9-7-21(14)16(22)6-8-24-15-5-3-2-4-13(15)18/h2-5,10,14H,6-9,11H2,1H3,(H,19,20)/t14-/m1/s1. The molecular formula is C17H20FN3O3. The van der Waals surface area contributed by atoms with E-state index in [0.29, 0.717) is 19.8 Å². The molecule has 1 amide bonds. The summed E-state index contributed by atoms with van der Waals surface area (Å²) in [5.74, 6) is 0.384. The van der Waals surface area contributed by atoms with E-state index in [4.69, 9.17) is 9.47 Å². The molecule has 1 aliphatic heterocycles. The number of benzene rings is 1. The molecule has 1 aliphatic rings. The number of rotatable bonds is 5. The van der Waals surface area contributed by atoms with Crippen molar-refractivity contribution in [3.05, 3.63) is 47.8 Å². The van der Waals surface area contributed by atoms with Gasteiger partial charge in [-0.3, -0.25) is 4.79 Å². The maximum absolute atomic E-state index is 13.5. The van der Waals surface area contributed by atoms with Crippen LogP contribution in [0.2, 0.25) is 0 Å². The molecule has 1 atom stereocenters. The number of nitrogens with one attached hydrogen (secondary N) is 1. The van der Waals surface area contributed by atoms with Gasteiger partial charge in [0.1, 0.15) is 11.9 Å². The van der Waals surface area contributed by atoms with Crippen molar-refractivity contribution in [1.29, 1.82) is 0 Å². The second-order valence-corrected chi connectivity index (χ2v) is 5.66. The summed E-state index contributed by atoms with van der Waals surface area (Å²) < 4.78 is 24.4. The van der Waals surface area contributed by atoms with Crippen molar-refractivity contribution < 1.29 is 18.7 Å². The molecule has 0 radical (unpaired) electrons. The lowest BCUT2D eigenvalue weighted by Gasteiger charge is -2.34. The Morgan fingerprint density at radius 2 is 2.33 bits per heavy atom. The smallest absolute Gasteiger partial charge is 0.226 e. The van der Waals surface area contributed by atoms with E-state index in [9.17, 15) is 9.18 Å². The zero-order valence-corrected chi connectivity index (χ0v) is 13.5. The number of carbonyl (C=O) groups is 1. The molecule has 0 unspecified atom stereocenters. The summed E-state index contributed by atoms with van der Waals surface area (Å²) >= 11 is 0. The van der Waals surface area contributed by atoms with Gasteiger partial charge < -0.3 is 19.4 Å². The lowest BCUT2D eigenvalue weighted by Crippen LogP contribution is -2.44. The van der Waals surface area contributed by atoms with Crippen LogP contribution >= 0.6 is 0 Å². The molecule has 0 bridgehead atoms. The summed E-state index contributed by atoms with van der Waals surface area (Å²) in [6, 6.07) is 5.93. The topological polar surface area (TPSA) is 67.4 Å². The summed E-state index contributed by atoms with van der Waals surface area (Å²) in [7, 11) is 0. The third kappa shape index (κ3) is 3.73. The van der Waals surface area contributed by atoms with Crippen LogP contribution in [-0.2, 0) is 9.53 Å². The molecule has 1 fully saturated rings. The van der Waals surface area contributed by atoms with Crippen molar-refractivity contribution in [1.82, 2.24) is 14.9 Å². The first-order valence-electron chi connectivity index (χ1n) is 7.91. The van der Waals surface area contributed by atoms with Gasteiger partial charge in [0, 0.05) is 18.4 Å². The van der Waals surface area contributed by atoms with Crippen LogP contribution in [0.25, 0.3) is 0 Å². The van der Waals surface area contributed by atoms with E-state index in [1.54, 1.807) is 29.3 Å². The fourth-order valence-electron chi connectivity index (χ4n) is 2.68. The molecule has 1 aromatic heterocycles. The Bertz CT molecular complexity index is 704. The first-order valence-corrected chi connectivity index (χ1v) is 7.91. The van der Waals surface area contributed by atoms with E-state index < -0.39 is 5.82 Å². The van der Waals surface area contributed by atoms with Gasteiger partial charge in [-0.25, -0.2) is 9.37 Å². The molecule has 1 N–H and O–H groups in total.